The molecule has 0 heterocycles. The number of rotatable bonds is 4. The van der Waals surface area contributed by atoms with E-state index in [4.69, 9.17) is 5.73 Å². The summed E-state index contributed by atoms with van der Waals surface area (Å²) in [6.07, 6.45) is -0.401. The van der Waals surface area contributed by atoms with Crippen LogP contribution < -0.4 is 11.1 Å². The van der Waals surface area contributed by atoms with E-state index in [0.717, 1.165) is 6.54 Å². The summed E-state index contributed by atoms with van der Waals surface area (Å²) in [6, 6.07) is 0. The molecule has 0 aliphatic heterocycles. The second kappa shape index (κ2) is 5.83. The molecule has 0 rings (SSSR count). The van der Waals surface area contributed by atoms with E-state index < -0.39 is 6.10 Å². The molecule has 1 atom stereocenters. The van der Waals surface area contributed by atoms with Crippen molar-refractivity contribution < 1.29 is 5.11 Å². The van der Waals surface area contributed by atoms with E-state index in [1.807, 2.05) is 20.8 Å². The Morgan fingerprint density at radius 3 is 2.58 bits per heavy atom. The van der Waals surface area contributed by atoms with Crippen molar-refractivity contribution in [3.8, 4) is 0 Å². The van der Waals surface area contributed by atoms with Crippen LogP contribution in [0.25, 0.3) is 0 Å². The summed E-state index contributed by atoms with van der Waals surface area (Å²) in [6.45, 7) is 6.97. The molecule has 0 bridgehead atoms. The molecule has 0 amide bonds. The van der Waals surface area contributed by atoms with Gasteiger partial charge in [0, 0.05) is 6.54 Å². The minimum Gasteiger partial charge on any atom is -0.391 e. The van der Waals surface area contributed by atoms with E-state index >= 15 is 0 Å². The fourth-order valence-electron chi connectivity index (χ4n) is 0.640. The smallest absolute Gasteiger partial charge is 0.188 e. The number of nitrogens with two attached hydrogens (primary N) is 1. The summed E-state index contributed by atoms with van der Waals surface area (Å²) < 4.78 is 0. The zero-order valence-corrected chi connectivity index (χ0v) is 8.04. The number of hydrogen-bond acceptors (Lipinski definition) is 2. The van der Waals surface area contributed by atoms with Crippen LogP contribution in [0.15, 0.2) is 4.99 Å². The highest BCUT2D eigenvalue weighted by atomic mass is 16.3. The molecule has 1 unspecified atom stereocenters. The van der Waals surface area contributed by atoms with Crippen LogP contribution in [0.5, 0.6) is 0 Å². The molecule has 0 aliphatic rings. The molecule has 0 aromatic carbocycles. The highest BCUT2D eigenvalue weighted by molar-refractivity contribution is 5.77. The third-order valence-electron chi connectivity index (χ3n) is 1.58. The monoisotopic (exact) mass is 173 g/mol. The van der Waals surface area contributed by atoms with Gasteiger partial charge in [0.05, 0.1) is 12.6 Å². The number of aliphatic hydroxyl groups excluding tert-OH is 1. The van der Waals surface area contributed by atoms with Crippen molar-refractivity contribution in [2.24, 2.45) is 16.6 Å². The van der Waals surface area contributed by atoms with Gasteiger partial charge >= 0.3 is 0 Å². The maximum Gasteiger partial charge on any atom is 0.188 e. The SMILES string of the molecule is CCNC(N)=NCC(O)C(C)C. The molecule has 0 spiro atoms. The summed E-state index contributed by atoms with van der Waals surface area (Å²) >= 11 is 0. The standard InChI is InChI=1S/C8H19N3O/c1-4-10-8(9)11-5-7(12)6(2)3/h6-7,12H,4-5H2,1-3H3,(H3,9,10,11). The lowest BCUT2D eigenvalue weighted by molar-refractivity contribution is 0.134. The summed E-state index contributed by atoms with van der Waals surface area (Å²) in [5, 5.41) is 12.2. The third-order valence-corrected chi connectivity index (χ3v) is 1.58. The van der Waals surface area contributed by atoms with Gasteiger partial charge in [-0.2, -0.15) is 0 Å². The number of hydrogen-bond donors (Lipinski definition) is 3. The van der Waals surface area contributed by atoms with Crippen molar-refractivity contribution in [1.29, 1.82) is 0 Å². The summed E-state index contributed by atoms with van der Waals surface area (Å²) in [5.41, 5.74) is 5.46. The molecule has 0 saturated heterocycles. The first kappa shape index (κ1) is 11.2. The zero-order valence-electron chi connectivity index (χ0n) is 8.04. The van der Waals surface area contributed by atoms with Gasteiger partial charge in [-0.1, -0.05) is 13.8 Å². The van der Waals surface area contributed by atoms with Gasteiger partial charge in [-0.15, -0.1) is 0 Å². The van der Waals surface area contributed by atoms with Gasteiger partial charge in [-0.3, -0.25) is 4.99 Å². The third kappa shape index (κ3) is 4.96. The highest BCUT2D eigenvalue weighted by Gasteiger charge is 2.07. The van der Waals surface area contributed by atoms with Crippen LogP contribution in [-0.2, 0) is 0 Å². The lowest BCUT2D eigenvalue weighted by atomic mass is 10.1. The molecule has 0 fully saturated rings. The highest BCUT2D eigenvalue weighted by Crippen LogP contribution is 2.00. The van der Waals surface area contributed by atoms with Gasteiger partial charge in [-0.25, -0.2) is 0 Å². The molecule has 72 valence electrons. The van der Waals surface area contributed by atoms with Crippen LogP contribution in [0, 0.1) is 5.92 Å². The topological polar surface area (TPSA) is 70.6 Å². The first-order chi connectivity index (χ1) is 5.57. The number of guanidine groups is 1. The van der Waals surface area contributed by atoms with Crippen LogP contribution in [0.3, 0.4) is 0 Å². The van der Waals surface area contributed by atoms with Gasteiger partial charge in [0.25, 0.3) is 0 Å². The minimum atomic E-state index is -0.401. The Morgan fingerprint density at radius 2 is 2.17 bits per heavy atom. The number of nitrogens with zero attached hydrogens (tertiary/aromatic N) is 1. The fourth-order valence-corrected chi connectivity index (χ4v) is 0.640. The largest absolute Gasteiger partial charge is 0.391 e. The first-order valence-corrected chi connectivity index (χ1v) is 4.29. The summed E-state index contributed by atoms with van der Waals surface area (Å²) in [5.74, 6) is 0.625. The van der Waals surface area contributed by atoms with E-state index in [1.165, 1.54) is 0 Å². The van der Waals surface area contributed by atoms with E-state index in [1.54, 1.807) is 0 Å². The van der Waals surface area contributed by atoms with Gasteiger partial charge in [-0.05, 0) is 12.8 Å². The Morgan fingerprint density at radius 1 is 1.58 bits per heavy atom. The van der Waals surface area contributed by atoms with Crippen LogP contribution >= 0.6 is 0 Å². The van der Waals surface area contributed by atoms with Crippen LogP contribution in [0.1, 0.15) is 20.8 Å². The van der Waals surface area contributed by atoms with Gasteiger partial charge in [0.15, 0.2) is 5.96 Å². The van der Waals surface area contributed by atoms with Crippen molar-refractivity contribution in [3.05, 3.63) is 0 Å². The van der Waals surface area contributed by atoms with Crippen LogP contribution in [0.2, 0.25) is 0 Å². The molecular formula is C8H19N3O. The first-order valence-electron chi connectivity index (χ1n) is 4.29. The minimum absolute atomic E-state index is 0.225. The molecule has 0 saturated carbocycles. The molecule has 4 nitrogen and oxygen atoms in total. The Kier molecular flexibility index (Phi) is 5.45. The van der Waals surface area contributed by atoms with Crippen molar-refractivity contribution in [3.63, 3.8) is 0 Å². The zero-order chi connectivity index (χ0) is 9.56. The van der Waals surface area contributed by atoms with Crippen molar-refractivity contribution in [1.82, 2.24) is 5.32 Å². The lowest BCUT2D eigenvalue weighted by Gasteiger charge is -2.11. The average Bonchev–Trinajstić information content (AvgIpc) is 2.00. The van der Waals surface area contributed by atoms with E-state index in [-0.39, 0.29) is 5.92 Å². The molecular weight excluding hydrogens is 154 g/mol. The number of aliphatic imine (C=N–C) groups is 1. The number of nitrogens with one attached hydrogen (secondary N) is 1. The van der Waals surface area contributed by atoms with Gasteiger partial charge < -0.3 is 16.2 Å². The van der Waals surface area contributed by atoms with E-state index in [9.17, 15) is 5.11 Å². The molecule has 4 heteroatoms. The Labute approximate surface area is 73.9 Å². The second-order valence-electron chi connectivity index (χ2n) is 3.07. The molecule has 0 aromatic heterocycles. The van der Waals surface area contributed by atoms with Gasteiger partial charge in [0.2, 0.25) is 0 Å². The van der Waals surface area contributed by atoms with Crippen LogP contribution in [-0.4, -0.2) is 30.3 Å². The fraction of sp³-hybridized carbons (Fsp3) is 0.875. The number of aliphatic hydroxyl groups is 1. The molecule has 0 aromatic rings. The molecule has 0 aliphatic carbocycles. The Balaban J connectivity index is 3.71. The molecule has 12 heavy (non-hydrogen) atoms. The van der Waals surface area contributed by atoms with E-state index in [0.29, 0.717) is 12.5 Å². The Hall–Kier alpha value is -0.770. The molecule has 0 radical (unpaired) electrons. The van der Waals surface area contributed by atoms with Crippen LogP contribution in [0.4, 0.5) is 0 Å². The predicted octanol–water partition coefficient (Wildman–Crippen LogP) is -0.0725. The average molecular weight is 173 g/mol. The van der Waals surface area contributed by atoms with Crippen molar-refractivity contribution >= 4 is 5.96 Å². The predicted molar refractivity (Wildman–Crippen MR) is 51.0 cm³/mol. The normalized spacial score (nSPS) is 14.9. The second-order valence-corrected chi connectivity index (χ2v) is 3.07. The quantitative estimate of drug-likeness (QED) is 0.411. The maximum absolute atomic E-state index is 9.35. The van der Waals surface area contributed by atoms with E-state index in [2.05, 4.69) is 10.3 Å². The van der Waals surface area contributed by atoms with Crippen molar-refractivity contribution in [2.45, 2.75) is 26.9 Å². The Bertz CT molecular complexity index is 145. The summed E-state index contributed by atoms with van der Waals surface area (Å²) in [4.78, 5) is 3.97. The maximum atomic E-state index is 9.35. The lowest BCUT2D eigenvalue weighted by Crippen LogP contribution is -2.32. The van der Waals surface area contributed by atoms with Gasteiger partial charge in [0.1, 0.15) is 0 Å². The summed E-state index contributed by atoms with van der Waals surface area (Å²) in [7, 11) is 0. The van der Waals surface area contributed by atoms with Crippen molar-refractivity contribution in [2.75, 3.05) is 13.1 Å². The molecule has 4 N–H and O–H groups in total.